The molecule has 1 fully saturated rings. The SMILES string of the molecule is IC[C@H]1C(OCc2ccccc2)C(OCc2ccccc2)[C@H](OCc2ccccc2)C(COCc2ccccc2)N1Cc1ccccc1. The number of hydrogen-bond acceptors (Lipinski definition) is 5. The molecule has 5 atom stereocenters. The van der Waals surface area contributed by atoms with E-state index in [0.29, 0.717) is 33.0 Å². The number of hydrogen-bond donors (Lipinski definition) is 0. The quantitative estimate of drug-likeness (QED) is 0.0746. The zero-order valence-corrected chi connectivity index (χ0v) is 29.4. The van der Waals surface area contributed by atoms with Crippen LogP contribution in [0.2, 0.25) is 0 Å². The van der Waals surface area contributed by atoms with Gasteiger partial charge >= 0.3 is 0 Å². The monoisotopic (exact) mass is 753 g/mol. The van der Waals surface area contributed by atoms with Crippen LogP contribution < -0.4 is 0 Å². The summed E-state index contributed by atoms with van der Waals surface area (Å²) in [5.74, 6) is 0. The fourth-order valence-corrected chi connectivity index (χ4v) is 7.42. The minimum Gasteiger partial charge on any atom is -0.375 e. The topological polar surface area (TPSA) is 40.2 Å². The van der Waals surface area contributed by atoms with Crippen molar-refractivity contribution in [1.29, 1.82) is 0 Å². The van der Waals surface area contributed by atoms with E-state index in [4.69, 9.17) is 18.9 Å². The zero-order chi connectivity index (χ0) is 32.8. The Morgan fingerprint density at radius 3 is 1.19 bits per heavy atom. The molecule has 1 saturated heterocycles. The molecule has 0 bridgehead atoms. The average Bonchev–Trinajstić information content (AvgIpc) is 3.15. The van der Waals surface area contributed by atoms with Crippen LogP contribution >= 0.6 is 22.6 Å². The maximum atomic E-state index is 7.00. The number of rotatable bonds is 16. The van der Waals surface area contributed by atoms with Gasteiger partial charge in [0, 0.05) is 17.0 Å². The van der Waals surface area contributed by atoms with Crippen LogP contribution in [0, 0.1) is 0 Å². The lowest BCUT2D eigenvalue weighted by Gasteiger charge is -2.52. The summed E-state index contributed by atoms with van der Waals surface area (Å²) in [6.45, 7) is 3.18. The summed E-state index contributed by atoms with van der Waals surface area (Å²) in [4.78, 5) is 2.56. The van der Waals surface area contributed by atoms with Crippen molar-refractivity contribution >= 4 is 22.6 Å². The molecule has 48 heavy (non-hydrogen) atoms. The standard InChI is InChI=1S/C42H44INO4/c43-26-38-40(46-29-35-20-10-3-11-21-35)42(48-31-37-24-14-5-15-25-37)41(47-30-36-22-12-4-13-23-36)39(32-45-28-34-18-8-2-9-19-34)44(38)27-33-16-6-1-7-17-33/h1-25,38-42H,26-32H2/t38-,39?,40?,41+,42?/m0/s1. The van der Waals surface area contributed by atoms with Crippen LogP contribution in [0.1, 0.15) is 27.8 Å². The van der Waals surface area contributed by atoms with Crippen molar-refractivity contribution < 1.29 is 18.9 Å². The van der Waals surface area contributed by atoms with Crippen molar-refractivity contribution in [3.8, 4) is 0 Å². The molecular weight excluding hydrogens is 709 g/mol. The summed E-state index contributed by atoms with van der Waals surface area (Å²) in [7, 11) is 0. The smallest absolute Gasteiger partial charge is 0.113 e. The summed E-state index contributed by atoms with van der Waals surface area (Å²) < 4.78 is 28.3. The molecule has 5 aromatic rings. The van der Waals surface area contributed by atoms with E-state index >= 15 is 0 Å². The highest BCUT2D eigenvalue weighted by Gasteiger charge is 2.51. The predicted octanol–water partition coefficient (Wildman–Crippen LogP) is 8.65. The number of halogens is 1. The fraction of sp³-hybridized carbons (Fsp3) is 0.286. The number of benzene rings is 5. The van der Waals surface area contributed by atoms with Crippen LogP contribution in [0.3, 0.4) is 0 Å². The van der Waals surface area contributed by atoms with Crippen LogP contribution in [-0.2, 0) is 51.9 Å². The van der Waals surface area contributed by atoms with Crippen molar-refractivity contribution in [3.63, 3.8) is 0 Å². The first-order valence-corrected chi connectivity index (χ1v) is 18.2. The summed E-state index contributed by atoms with van der Waals surface area (Å²) in [6, 6.07) is 52.2. The minimum atomic E-state index is -0.338. The molecule has 1 aliphatic rings. The molecule has 1 heterocycles. The molecule has 0 aromatic heterocycles. The van der Waals surface area contributed by atoms with Crippen molar-refractivity contribution in [3.05, 3.63) is 179 Å². The Kier molecular flexibility index (Phi) is 13.2. The largest absolute Gasteiger partial charge is 0.375 e. The number of ether oxygens (including phenoxy) is 4. The fourth-order valence-electron chi connectivity index (χ4n) is 6.42. The van der Waals surface area contributed by atoms with Crippen LogP contribution in [0.5, 0.6) is 0 Å². The predicted molar refractivity (Wildman–Crippen MR) is 200 cm³/mol. The zero-order valence-electron chi connectivity index (χ0n) is 27.2. The average molecular weight is 754 g/mol. The molecule has 0 amide bonds. The molecule has 248 valence electrons. The van der Waals surface area contributed by atoms with E-state index in [0.717, 1.165) is 33.2 Å². The molecule has 0 spiro atoms. The first kappa shape index (κ1) is 34.5. The van der Waals surface area contributed by atoms with E-state index in [1.54, 1.807) is 0 Å². The van der Waals surface area contributed by atoms with Gasteiger partial charge in [-0.1, -0.05) is 174 Å². The third kappa shape index (κ3) is 9.62. The maximum Gasteiger partial charge on any atom is 0.113 e. The van der Waals surface area contributed by atoms with Gasteiger partial charge in [0.25, 0.3) is 0 Å². The number of likely N-dealkylation sites (tertiary alicyclic amines) is 1. The van der Waals surface area contributed by atoms with E-state index in [1.807, 2.05) is 24.3 Å². The van der Waals surface area contributed by atoms with Crippen molar-refractivity contribution in [2.45, 2.75) is 63.4 Å². The lowest BCUT2D eigenvalue weighted by Crippen LogP contribution is -2.69. The van der Waals surface area contributed by atoms with Gasteiger partial charge in [-0.3, -0.25) is 4.90 Å². The lowest BCUT2D eigenvalue weighted by molar-refractivity contribution is -0.227. The van der Waals surface area contributed by atoms with E-state index in [-0.39, 0.29) is 30.4 Å². The first-order chi connectivity index (χ1) is 23.8. The second kappa shape index (κ2) is 18.4. The molecule has 5 nitrogen and oxygen atoms in total. The highest BCUT2D eigenvalue weighted by molar-refractivity contribution is 14.1. The molecule has 0 saturated carbocycles. The highest BCUT2D eigenvalue weighted by Crippen LogP contribution is 2.35. The van der Waals surface area contributed by atoms with Crippen molar-refractivity contribution in [2.75, 3.05) is 11.0 Å². The van der Waals surface area contributed by atoms with Crippen LogP contribution in [-0.4, -0.2) is 46.3 Å². The minimum absolute atomic E-state index is 0.0530. The normalized spacial score (nSPS) is 21.2. The summed E-state index contributed by atoms with van der Waals surface area (Å²) in [5.41, 5.74) is 5.77. The van der Waals surface area contributed by atoms with Gasteiger partial charge in [0.05, 0.1) is 39.1 Å². The van der Waals surface area contributed by atoms with E-state index in [2.05, 4.69) is 155 Å². The Labute approximate surface area is 299 Å². The molecule has 6 rings (SSSR count). The van der Waals surface area contributed by atoms with Gasteiger partial charge in [0.15, 0.2) is 0 Å². The first-order valence-electron chi connectivity index (χ1n) is 16.7. The Morgan fingerprint density at radius 2 is 0.771 bits per heavy atom. The van der Waals surface area contributed by atoms with Gasteiger partial charge in [-0.15, -0.1) is 0 Å². The Balaban J connectivity index is 1.37. The molecule has 1 aliphatic heterocycles. The van der Waals surface area contributed by atoms with Crippen molar-refractivity contribution in [1.82, 2.24) is 4.90 Å². The van der Waals surface area contributed by atoms with Crippen LogP contribution in [0.15, 0.2) is 152 Å². The molecule has 3 unspecified atom stereocenters. The second-order valence-electron chi connectivity index (χ2n) is 12.2. The van der Waals surface area contributed by atoms with E-state index in [1.165, 1.54) is 5.56 Å². The van der Waals surface area contributed by atoms with Crippen molar-refractivity contribution in [2.24, 2.45) is 0 Å². The van der Waals surface area contributed by atoms with Gasteiger partial charge in [-0.05, 0) is 27.8 Å². The Morgan fingerprint density at radius 1 is 0.417 bits per heavy atom. The molecule has 0 N–H and O–H groups in total. The number of piperidine rings is 1. The Hall–Kier alpha value is -3.37. The van der Waals surface area contributed by atoms with Gasteiger partial charge < -0.3 is 18.9 Å². The van der Waals surface area contributed by atoms with Gasteiger partial charge in [0.2, 0.25) is 0 Å². The number of alkyl halides is 1. The van der Waals surface area contributed by atoms with Crippen LogP contribution in [0.25, 0.3) is 0 Å². The Bertz CT molecular complexity index is 1590. The summed E-state index contributed by atoms with van der Waals surface area (Å²) >= 11 is 2.52. The molecule has 5 aromatic carbocycles. The van der Waals surface area contributed by atoms with E-state index < -0.39 is 0 Å². The van der Waals surface area contributed by atoms with Gasteiger partial charge in [-0.25, -0.2) is 0 Å². The molecule has 6 heteroatoms. The third-order valence-electron chi connectivity index (χ3n) is 8.88. The summed E-state index contributed by atoms with van der Waals surface area (Å²) in [6.07, 6.45) is -0.913. The van der Waals surface area contributed by atoms with Crippen LogP contribution in [0.4, 0.5) is 0 Å². The maximum absolute atomic E-state index is 7.00. The molecular formula is C42H44INO4. The van der Waals surface area contributed by atoms with Gasteiger partial charge in [0.1, 0.15) is 18.3 Å². The third-order valence-corrected chi connectivity index (χ3v) is 9.78. The second-order valence-corrected chi connectivity index (χ2v) is 13.1. The van der Waals surface area contributed by atoms with E-state index in [9.17, 15) is 0 Å². The number of nitrogens with zero attached hydrogens (tertiary/aromatic N) is 1. The molecule has 0 radical (unpaired) electrons. The molecule has 0 aliphatic carbocycles. The highest BCUT2D eigenvalue weighted by atomic mass is 127. The van der Waals surface area contributed by atoms with Gasteiger partial charge in [-0.2, -0.15) is 0 Å². The summed E-state index contributed by atoms with van der Waals surface area (Å²) in [5, 5.41) is 0. The lowest BCUT2D eigenvalue weighted by atomic mass is 9.87.